The molecule has 0 aliphatic carbocycles. The van der Waals surface area contributed by atoms with Crippen molar-refractivity contribution in [1.29, 1.82) is 0 Å². The van der Waals surface area contributed by atoms with Crippen LogP contribution < -0.4 is 5.73 Å². The highest BCUT2D eigenvalue weighted by atomic mass is 79.9. The fraction of sp³-hybridized carbons (Fsp3) is 0.400. The maximum Gasteiger partial charge on any atom is 0.160 e. The van der Waals surface area contributed by atoms with Crippen LogP contribution in [0.1, 0.15) is 31.9 Å². The van der Waals surface area contributed by atoms with Gasteiger partial charge in [-0.25, -0.2) is 0 Å². The lowest BCUT2D eigenvalue weighted by Crippen LogP contribution is -2.11. The van der Waals surface area contributed by atoms with Gasteiger partial charge < -0.3 is 5.73 Å². The van der Waals surface area contributed by atoms with Gasteiger partial charge in [0.15, 0.2) is 5.82 Å². The minimum atomic E-state index is 0.124. The zero-order valence-electron chi connectivity index (χ0n) is 12.1. The number of hydrogen-bond donors (Lipinski definition) is 1. The van der Waals surface area contributed by atoms with Gasteiger partial charge in [-0.15, -0.1) is 0 Å². The first kappa shape index (κ1) is 14.1. The minimum Gasteiger partial charge on any atom is -0.381 e. The number of halogens is 1. The van der Waals surface area contributed by atoms with Gasteiger partial charge in [0.25, 0.3) is 0 Å². The van der Waals surface area contributed by atoms with Crippen LogP contribution in [0.4, 0.5) is 5.82 Å². The smallest absolute Gasteiger partial charge is 0.160 e. The van der Waals surface area contributed by atoms with E-state index in [1.54, 1.807) is 0 Å². The number of rotatable bonds is 1. The van der Waals surface area contributed by atoms with Gasteiger partial charge in [-0.05, 0) is 45.5 Å². The summed E-state index contributed by atoms with van der Waals surface area (Å²) in [6.45, 7) is 8.76. The molecule has 2 aromatic rings. The second-order valence-electron chi connectivity index (χ2n) is 5.95. The third-order valence-corrected chi connectivity index (χ3v) is 4.15. The third kappa shape index (κ3) is 2.54. The van der Waals surface area contributed by atoms with Crippen LogP contribution in [0.25, 0.3) is 11.3 Å². The molecule has 2 N–H and O–H groups in total. The topological polar surface area (TPSA) is 43.8 Å². The molecule has 3 nitrogen and oxygen atoms in total. The molecule has 1 aromatic carbocycles. The van der Waals surface area contributed by atoms with Crippen molar-refractivity contribution in [3.8, 4) is 11.3 Å². The predicted octanol–water partition coefficient (Wildman–Crippen LogP) is 4.04. The fourth-order valence-electron chi connectivity index (χ4n) is 2.16. The predicted molar refractivity (Wildman–Crippen MR) is 84.2 cm³/mol. The maximum atomic E-state index is 5.87. The summed E-state index contributed by atoms with van der Waals surface area (Å²) in [5.41, 5.74) is 10.7. The van der Waals surface area contributed by atoms with Crippen molar-refractivity contribution in [2.45, 2.75) is 33.1 Å². The highest BCUT2D eigenvalue weighted by Crippen LogP contribution is 2.36. The minimum absolute atomic E-state index is 0.124. The summed E-state index contributed by atoms with van der Waals surface area (Å²) < 4.78 is 2.69. The van der Waals surface area contributed by atoms with E-state index in [0.717, 1.165) is 10.2 Å². The molecule has 4 heteroatoms. The largest absolute Gasteiger partial charge is 0.381 e. The molecule has 0 fully saturated rings. The SMILES string of the molecule is Cc1ccc(C(C)(C)C)cc1-c1c(Br)c(N)nn1C. The Balaban J connectivity index is 2.68. The number of benzene rings is 1. The van der Waals surface area contributed by atoms with E-state index in [1.807, 2.05) is 11.7 Å². The molecule has 0 radical (unpaired) electrons. The molecule has 0 bridgehead atoms. The lowest BCUT2D eigenvalue weighted by Gasteiger charge is -2.21. The van der Waals surface area contributed by atoms with Gasteiger partial charge in [0.05, 0.1) is 10.2 Å². The van der Waals surface area contributed by atoms with E-state index in [4.69, 9.17) is 5.73 Å². The van der Waals surface area contributed by atoms with Crippen LogP contribution in [0.15, 0.2) is 22.7 Å². The number of hydrogen-bond acceptors (Lipinski definition) is 2. The Morgan fingerprint density at radius 2 is 1.89 bits per heavy atom. The van der Waals surface area contributed by atoms with Crippen molar-refractivity contribution >= 4 is 21.7 Å². The second-order valence-corrected chi connectivity index (χ2v) is 6.74. The Hall–Kier alpha value is -1.29. The summed E-state index contributed by atoms with van der Waals surface area (Å²) in [5.74, 6) is 0.526. The second kappa shape index (κ2) is 4.67. The van der Waals surface area contributed by atoms with E-state index in [0.29, 0.717) is 5.82 Å². The van der Waals surface area contributed by atoms with Gasteiger partial charge >= 0.3 is 0 Å². The van der Waals surface area contributed by atoms with Crippen molar-refractivity contribution < 1.29 is 0 Å². The van der Waals surface area contributed by atoms with E-state index < -0.39 is 0 Å². The van der Waals surface area contributed by atoms with Crippen molar-refractivity contribution in [2.24, 2.45) is 7.05 Å². The Morgan fingerprint density at radius 3 is 2.37 bits per heavy atom. The Kier molecular flexibility index (Phi) is 3.47. The molecule has 0 spiro atoms. The summed E-state index contributed by atoms with van der Waals surface area (Å²) in [4.78, 5) is 0. The van der Waals surface area contributed by atoms with Crippen molar-refractivity contribution in [3.05, 3.63) is 33.8 Å². The van der Waals surface area contributed by atoms with Gasteiger partial charge in [-0.2, -0.15) is 5.10 Å². The molecule has 0 atom stereocenters. The number of anilines is 1. The summed E-state index contributed by atoms with van der Waals surface area (Å²) in [6, 6.07) is 6.58. The van der Waals surface area contributed by atoms with E-state index in [9.17, 15) is 0 Å². The molecule has 0 aliphatic rings. The average molecular weight is 322 g/mol. The summed E-state index contributed by atoms with van der Waals surface area (Å²) in [7, 11) is 1.92. The molecule has 0 unspecified atom stereocenters. The fourth-order valence-corrected chi connectivity index (χ4v) is 2.70. The van der Waals surface area contributed by atoms with E-state index in [-0.39, 0.29) is 5.41 Å². The zero-order chi connectivity index (χ0) is 14.4. The molecule has 1 heterocycles. The van der Waals surface area contributed by atoms with Gasteiger partial charge in [-0.1, -0.05) is 32.9 Å². The molecule has 102 valence electrons. The highest BCUT2D eigenvalue weighted by Gasteiger charge is 2.19. The van der Waals surface area contributed by atoms with Crippen molar-refractivity contribution in [3.63, 3.8) is 0 Å². The van der Waals surface area contributed by atoms with Crippen LogP contribution in [0.5, 0.6) is 0 Å². The van der Waals surface area contributed by atoms with Crippen LogP contribution in [0, 0.1) is 6.92 Å². The number of nitrogens with zero attached hydrogens (tertiary/aromatic N) is 2. The van der Waals surface area contributed by atoms with Crippen LogP contribution in [-0.2, 0) is 12.5 Å². The standard InChI is InChI=1S/C15H20BrN3/c1-9-6-7-10(15(2,3)4)8-11(9)13-12(16)14(17)18-19(13)5/h6-8H,1-5H3,(H2,17,18). The van der Waals surface area contributed by atoms with Crippen LogP contribution >= 0.6 is 15.9 Å². The first-order valence-corrected chi connectivity index (χ1v) is 7.10. The van der Waals surface area contributed by atoms with E-state index in [1.165, 1.54) is 16.7 Å². The van der Waals surface area contributed by atoms with Gasteiger partial charge in [0, 0.05) is 12.6 Å². The lowest BCUT2D eigenvalue weighted by molar-refractivity contribution is 0.590. The molecular weight excluding hydrogens is 302 g/mol. The van der Waals surface area contributed by atoms with Crippen LogP contribution in [0.3, 0.4) is 0 Å². The molecular formula is C15H20BrN3. The Morgan fingerprint density at radius 1 is 1.26 bits per heavy atom. The van der Waals surface area contributed by atoms with Gasteiger partial charge in [0.1, 0.15) is 0 Å². The molecule has 0 saturated heterocycles. The molecule has 0 amide bonds. The normalized spacial score (nSPS) is 11.9. The lowest BCUT2D eigenvalue weighted by atomic mass is 9.85. The highest BCUT2D eigenvalue weighted by molar-refractivity contribution is 9.10. The number of aryl methyl sites for hydroxylation is 2. The van der Waals surface area contributed by atoms with Gasteiger partial charge in [-0.3, -0.25) is 4.68 Å². The first-order valence-electron chi connectivity index (χ1n) is 6.31. The molecule has 0 saturated carbocycles. The molecule has 2 rings (SSSR count). The average Bonchev–Trinajstić information content (AvgIpc) is 2.53. The monoisotopic (exact) mass is 321 g/mol. The summed E-state index contributed by atoms with van der Waals surface area (Å²) in [5, 5.41) is 4.27. The zero-order valence-corrected chi connectivity index (χ0v) is 13.7. The van der Waals surface area contributed by atoms with E-state index in [2.05, 4.69) is 66.9 Å². The van der Waals surface area contributed by atoms with Crippen molar-refractivity contribution in [2.75, 3.05) is 5.73 Å². The van der Waals surface area contributed by atoms with Crippen molar-refractivity contribution in [1.82, 2.24) is 9.78 Å². The Bertz CT molecular complexity index is 621. The Labute approximate surface area is 122 Å². The number of aromatic nitrogens is 2. The summed E-state index contributed by atoms with van der Waals surface area (Å²) in [6.07, 6.45) is 0. The third-order valence-electron chi connectivity index (χ3n) is 3.37. The maximum absolute atomic E-state index is 5.87. The van der Waals surface area contributed by atoms with E-state index >= 15 is 0 Å². The first-order chi connectivity index (χ1) is 8.71. The van der Waals surface area contributed by atoms with Gasteiger partial charge in [0.2, 0.25) is 0 Å². The van der Waals surface area contributed by atoms with Crippen LogP contribution in [-0.4, -0.2) is 9.78 Å². The number of nitrogens with two attached hydrogens (primary N) is 1. The number of nitrogen functional groups attached to an aromatic ring is 1. The molecule has 19 heavy (non-hydrogen) atoms. The summed E-state index contributed by atoms with van der Waals surface area (Å²) >= 11 is 3.54. The van der Waals surface area contributed by atoms with Crippen LogP contribution in [0.2, 0.25) is 0 Å². The molecule has 1 aromatic heterocycles. The molecule has 0 aliphatic heterocycles. The quantitative estimate of drug-likeness (QED) is 0.861.